The largest absolute Gasteiger partial charge is 0.464 e. The van der Waals surface area contributed by atoms with Crippen molar-refractivity contribution >= 4 is 17.3 Å². The van der Waals surface area contributed by atoms with Gasteiger partial charge in [0, 0.05) is 60.3 Å². The lowest BCUT2D eigenvalue weighted by Crippen LogP contribution is -2.52. The van der Waals surface area contributed by atoms with Crippen molar-refractivity contribution in [2.24, 2.45) is 5.41 Å². The van der Waals surface area contributed by atoms with Crippen LogP contribution in [0.4, 0.5) is 11.6 Å². The van der Waals surface area contributed by atoms with Crippen molar-refractivity contribution in [3.8, 4) is 23.3 Å². The molecule has 5 heterocycles. The summed E-state index contributed by atoms with van der Waals surface area (Å²) in [4.78, 5) is 15.3. The summed E-state index contributed by atoms with van der Waals surface area (Å²) < 4.78 is 7.20. The molecule has 0 spiro atoms. The number of piperidine rings is 1. The second kappa shape index (κ2) is 9.37. The quantitative estimate of drug-likeness (QED) is 0.435. The first kappa shape index (κ1) is 23.4. The number of aromatic nitrogens is 7. The number of fused-ring (bicyclic) bond motifs is 1. The maximum Gasteiger partial charge on any atom is 0.316 e. The highest BCUT2D eigenvalue weighted by molar-refractivity contribution is 5.65. The van der Waals surface area contributed by atoms with E-state index < -0.39 is 0 Å². The molecule has 1 aliphatic heterocycles. The molecule has 1 saturated heterocycles. The van der Waals surface area contributed by atoms with Crippen molar-refractivity contribution in [1.82, 2.24) is 34.8 Å². The van der Waals surface area contributed by atoms with E-state index in [1.165, 1.54) is 0 Å². The zero-order valence-corrected chi connectivity index (χ0v) is 20.8. The van der Waals surface area contributed by atoms with Crippen LogP contribution < -0.4 is 15.0 Å². The number of hydrogen-bond donors (Lipinski definition) is 1. The Morgan fingerprint density at radius 1 is 1.17 bits per heavy atom. The highest BCUT2D eigenvalue weighted by Gasteiger charge is 2.37. The van der Waals surface area contributed by atoms with Gasteiger partial charge in [0.1, 0.15) is 11.9 Å². The Kier molecular flexibility index (Phi) is 6.10. The maximum absolute atomic E-state index is 8.99. The number of nitrogens with zero attached hydrogens (tertiary/aromatic N) is 9. The molecule has 36 heavy (non-hydrogen) atoms. The molecule has 1 fully saturated rings. The van der Waals surface area contributed by atoms with Crippen molar-refractivity contribution in [3.63, 3.8) is 0 Å². The molecule has 1 N–H and O–H groups in total. The third kappa shape index (κ3) is 4.49. The first-order chi connectivity index (χ1) is 17.4. The van der Waals surface area contributed by atoms with Crippen LogP contribution in [0.5, 0.6) is 6.01 Å². The number of nitriles is 1. The van der Waals surface area contributed by atoms with Crippen LogP contribution in [0.15, 0.2) is 36.8 Å². The minimum Gasteiger partial charge on any atom is -0.464 e. The lowest BCUT2D eigenvalue weighted by molar-refractivity contribution is 0.259. The molecule has 11 heteroatoms. The molecule has 1 atom stereocenters. The van der Waals surface area contributed by atoms with Crippen LogP contribution in [0.25, 0.3) is 16.9 Å². The van der Waals surface area contributed by atoms with Crippen LogP contribution in [0, 0.1) is 23.7 Å². The van der Waals surface area contributed by atoms with Gasteiger partial charge in [-0.3, -0.25) is 0 Å². The zero-order chi connectivity index (χ0) is 25.3. The van der Waals surface area contributed by atoms with Gasteiger partial charge in [-0.2, -0.15) is 14.9 Å². The monoisotopic (exact) mass is 484 g/mol. The summed E-state index contributed by atoms with van der Waals surface area (Å²) in [6.07, 6.45) is 6.19. The lowest BCUT2D eigenvalue weighted by atomic mass is 9.79. The summed E-state index contributed by atoms with van der Waals surface area (Å²) in [7, 11) is 0. The Hall–Kier alpha value is -4.33. The molecular weight excluding hydrogens is 456 g/mol. The Labute approximate surface area is 209 Å². The standard InChI is InChI=1S/C25H28N10O/c1-5-36-24-28-13-17(14-29-24)19-10-22-27-12-16(2)23(35(22)33-19)30-20-8-9-34(15-25(20,3)4)21-7-6-18(11-26)31-32-21/h6-7,10,12-14,20,30H,5,8-9,15H2,1-4H3. The topological polar surface area (TPSA) is 130 Å². The predicted molar refractivity (Wildman–Crippen MR) is 135 cm³/mol. The van der Waals surface area contributed by atoms with Crippen LogP contribution in [-0.2, 0) is 0 Å². The molecule has 0 aromatic carbocycles. The summed E-state index contributed by atoms with van der Waals surface area (Å²) >= 11 is 0. The fourth-order valence-electron chi connectivity index (χ4n) is 4.53. The summed E-state index contributed by atoms with van der Waals surface area (Å²) in [5.74, 6) is 1.71. The van der Waals surface area contributed by atoms with E-state index in [4.69, 9.17) is 15.1 Å². The third-order valence-corrected chi connectivity index (χ3v) is 6.49. The van der Waals surface area contributed by atoms with Crippen LogP contribution >= 0.6 is 0 Å². The molecule has 4 aromatic rings. The average molecular weight is 485 g/mol. The van der Waals surface area contributed by atoms with Crippen molar-refractivity contribution in [1.29, 1.82) is 5.26 Å². The Morgan fingerprint density at radius 2 is 1.97 bits per heavy atom. The lowest BCUT2D eigenvalue weighted by Gasteiger charge is -2.45. The Balaban J connectivity index is 1.38. The van der Waals surface area contributed by atoms with E-state index in [-0.39, 0.29) is 11.5 Å². The van der Waals surface area contributed by atoms with Crippen molar-refractivity contribution in [2.75, 3.05) is 29.9 Å². The highest BCUT2D eigenvalue weighted by atomic mass is 16.5. The van der Waals surface area contributed by atoms with Crippen LogP contribution in [-0.4, -0.2) is 60.5 Å². The van der Waals surface area contributed by atoms with Gasteiger partial charge >= 0.3 is 6.01 Å². The van der Waals surface area contributed by atoms with E-state index in [1.54, 1.807) is 18.5 Å². The summed E-state index contributed by atoms with van der Waals surface area (Å²) in [6.45, 7) is 10.6. The third-order valence-electron chi connectivity index (χ3n) is 6.49. The molecule has 5 rings (SSSR count). The number of ether oxygens (including phenoxy) is 1. The van der Waals surface area contributed by atoms with Crippen molar-refractivity contribution in [3.05, 3.63) is 48.0 Å². The summed E-state index contributed by atoms with van der Waals surface area (Å²) in [5.41, 5.74) is 3.54. The molecule has 0 bridgehead atoms. The minimum atomic E-state index is -0.0746. The smallest absolute Gasteiger partial charge is 0.316 e. The Morgan fingerprint density at radius 3 is 2.64 bits per heavy atom. The van der Waals surface area contributed by atoms with Gasteiger partial charge in [0.25, 0.3) is 0 Å². The second-order valence-electron chi connectivity index (χ2n) is 9.56. The van der Waals surface area contributed by atoms with Gasteiger partial charge in [0.15, 0.2) is 17.2 Å². The van der Waals surface area contributed by atoms with Crippen LogP contribution in [0.3, 0.4) is 0 Å². The normalized spacial score (nSPS) is 17.1. The van der Waals surface area contributed by atoms with E-state index in [9.17, 15) is 0 Å². The van der Waals surface area contributed by atoms with Gasteiger partial charge in [-0.15, -0.1) is 10.2 Å². The second-order valence-corrected chi connectivity index (χ2v) is 9.56. The maximum atomic E-state index is 8.99. The SMILES string of the molecule is CCOc1ncc(-c2cc3ncc(C)c(NC4CCN(c5ccc(C#N)nn5)CC4(C)C)n3n2)cn1. The molecule has 11 nitrogen and oxygen atoms in total. The molecule has 184 valence electrons. The molecule has 0 saturated carbocycles. The van der Waals surface area contributed by atoms with E-state index >= 15 is 0 Å². The molecular formula is C25H28N10O. The van der Waals surface area contributed by atoms with Gasteiger partial charge in [-0.25, -0.2) is 15.0 Å². The van der Waals surface area contributed by atoms with Gasteiger partial charge < -0.3 is 15.0 Å². The highest BCUT2D eigenvalue weighted by Crippen LogP contribution is 2.34. The average Bonchev–Trinajstić information content (AvgIpc) is 3.32. The zero-order valence-electron chi connectivity index (χ0n) is 20.8. The van der Waals surface area contributed by atoms with E-state index in [0.29, 0.717) is 18.3 Å². The van der Waals surface area contributed by atoms with Gasteiger partial charge in [-0.1, -0.05) is 13.8 Å². The van der Waals surface area contributed by atoms with Crippen LogP contribution in [0.1, 0.15) is 38.4 Å². The first-order valence-electron chi connectivity index (χ1n) is 11.9. The number of nitrogens with one attached hydrogen (secondary N) is 1. The van der Waals surface area contributed by atoms with Gasteiger partial charge in [0.05, 0.1) is 12.3 Å². The fraction of sp³-hybridized carbons (Fsp3) is 0.400. The number of anilines is 2. The number of hydrogen-bond acceptors (Lipinski definition) is 10. The molecule has 0 amide bonds. The summed E-state index contributed by atoms with van der Waals surface area (Å²) in [5, 5.41) is 25.8. The van der Waals surface area contributed by atoms with Gasteiger partial charge in [-0.05, 0) is 32.4 Å². The minimum absolute atomic E-state index is 0.0746. The van der Waals surface area contributed by atoms with Gasteiger partial charge in [0.2, 0.25) is 0 Å². The molecule has 0 aliphatic carbocycles. The van der Waals surface area contributed by atoms with Crippen molar-refractivity contribution in [2.45, 2.75) is 40.2 Å². The predicted octanol–water partition coefficient (Wildman–Crippen LogP) is 3.27. The molecule has 4 aromatic heterocycles. The Bertz CT molecular complexity index is 1410. The van der Waals surface area contributed by atoms with E-state index in [1.807, 2.05) is 42.8 Å². The number of rotatable bonds is 6. The summed E-state index contributed by atoms with van der Waals surface area (Å²) in [6, 6.07) is 8.07. The van der Waals surface area contributed by atoms with Crippen LogP contribution in [0.2, 0.25) is 0 Å². The molecule has 1 aliphatic rings. The van der Waals surface area contributed by atoms with E-state index in [2.05, 4.69) is 49.2 Å². The fourth-order valence-corrected chi connectivity index (χ4v) is 4.53. The van der Waals surface area contributed by atoms with Crippen molar-refractivity contribution < 1.29 is 4.74 Å². The molecule has 0 radical (unpaired) electrons. The molecule has 1 unspecified atom stereocenters. The number of aryl methyl sites for hydroxylation is 1. The van der Waals surface area contributed by atoms with E-state index in [0.717, 1.165) is 53.6 Å². The first-order valence-corrected chi connectivity index (χ1v) is 11.9.